The van der Waals surface area contributed by atoms with Gasteiger partial charge in [-0.3, -0.25) is 4.57 Å². The summed E-state index contributed by atoms with van der Waals surface area (Å²) >= 11 is 0. The molecule has 0 unspecified atom stereocenters. The van der Waals surface area contributed by atoms with Crippen LogP contribution in [0, 0.1) is 0 Å². The second-order valence-corrected chi connectivity index (χ2v) is 9.98. The predicted octanol–water partition coefficient (Wildman–Crippen LogP) is 9.87. The van der Waals surface area contributed by atoms with E-state index in [0.717, 1.165) is 4.57 Å². The van der Waals surface area contributed by atoms with Crippen molar-refractivity contribution in [3.8, 4) is 27.9 Å². The fourth-order valence-corrected chi connectivity index (χ4v) is 5.70. The summed E-state index contributed by atoms with van der Waals surface area (Å²) in [7, 11) is 0. The number of fused-ring (bicyclic) bond motifs is 6. The van der Waals surface area contributed by atoms with E-state index in [-0.39, 0.29) is 33.3 Å². The fourth-order valence-electron chi connectivity index (χ4n) is 5.70. The Balaban J connectivity index is 1.72. The van der Waals surface area contributed by atoms with Gasteiger partial charge in [-0.25, -0.2) is 4.98 Å². The van der Waals surface area contributed by atoms with Crippen LogP contribution >= 0.6 is 0 Å². The number of aryl methyl sites for hydroxylation is 1. The van der Waals surface area contributed by atoms with Crippen LogP contribution in [-0.2, 0) is 11.8 Å². The van der Waals surface area contributed by atoms with Crippen molar-refractivity contribution in [3.63, 3.8) is 0 Å². The molecule has 0 amide bonds. The van der Waals surface area contributed by atoms with Crippen molar-refractivity contribution in [2.45, 2.75) is 32.5 Å². The summed E-state index contributed by atoms with van der Waals surface area (Å²) in [6.45, 7) is -0.272. The predicted molar refractivity (Wildman–Crippen MR) is 168 cm³/mol. The maximum absolute atomic E-state index is 9.83. The van der Waals surface area contributed by atoms with Gasteiger partial charge in [0.25, 0.3) is 0 Å². The Morgan fingerprint density at radius 1 is 0.775 bits per heavy atom. The van der Waals surface area contributed by atoms with E-state index in [1.165, 1.54) is 24.3 Å². The first-order valence-corrected chi connectivity index (χ1v) is 12.4. The Kier molecular flexibility index (Phi) is 2.25. The largest absolute Gasteiger partial charge is 0.295 e. The molecule has 7 aromatic rings. The van der Waals surface area contributed by atoms with Crippen molar-refractivity contribution in [1.82, 2.24) is 9.55 Å². The molecule has 0 spiro atoms. The molecule has 40 heavy (non-hydrogen) atoms. The SMILES string of the molecule is [2H]c1c([2H])c([2H])c2c(c1[2H])-c1c([2H])c([2H])c(-c3c4c([2H])c([2H])c([2H])c([2H])c4c(-n4c(C([2H])([2H])C([2H])([2H])[2H])nc5ccccc54)c4c([2H])c([2H])c([2H])c([2H])c34)c([2H])c1C2(C)C. The summed E-state index contributed by atoms with van der Waals surface area (Å²) in [5, 5.41) is -2.03. The maximum Gasteiger partial charge on any atom is 0.114 e. The summed E-state index contributed by atoms with van der Waals surface area (Å²) in [4.78, 5) is 4.35. The van der Waals surface area contributed by atoms with E-state index in [9.17, 15) is 9.60 Å². The molecular formula is C38H30N2. The van der Waals surface area contributed by atoms with Gasteiger partial charge in [0.05, 0.1) is 37.3 Å². The number of aromatic nitrogens is 2. The molecule has 6 aromatic carbocycles. The highest BCUT2D eigenvalue weighted by atomic mass is 15.1. The first-order chi connectivity index (χ1) is 27.7. The van der Waals surface area contributed by atoms with E-state index in [4.69, 9.17) is 17.8 Å². The lowest BCUT2D eigenvalue weighted by Crippen LogP contribution is -2.14. The summed E-state index contributed by atoms with van der Waals surface area (Å²) in [6.07, 6.45) is -3.28. The molecule has 1 heterocycles. The standard InChI is InChI=1S/C38H30N2/c1-4-35-39-33-19-11-12-20-34(33)40(35)37-29-16-7-5-14-27(29)36(28-15-6-8-17-30(28)37)24-21-22-26-25-13-9-10-18-31(25)38(2,3)32(26)23-24/h5-23H,4H2,1-3H3/i1D3,4D2,5D,6D,7D,8D,9D,10D,13D,14D,15D,16D,17D,18D,21D,22D,23D. The lowest BCUT2D eigenvalue weighted by Gasteiger charge is -2.23. The van der Waals surface area contributed by atoms with Crippen LogP contribution in [0.3, 0.4) is 0 Å². The van der Waals surface area contributed by atoms with E-state index < -0.39 is 153 Å². The minimum atomic E-state index is -3.39. The molecule has 2 heteroatoms. The zero-order valence-corrected chi connectivity index (χ0v) is 21.2. The molecule has 1 aromatic heterocycles. The molecule has 0 fully saturated rings. The van der Waals surface area contributed by atoms with E-state index in [1.807, 2.05) is 0 Å². The van der Waals surface area contributed by atoms with Gasteiger partial charge in [-0.2, -0.15) is 0 Å². The summed E-state index contributed by atoms with van der Waals surface area (Å²) in [5.74, 6) is -0.786. The Hall–Kier alpha value is -4.69. The molecule has 0 saturated carbocycles. The van der Waals surface area contributed by atoms with Crippen LogP contribution in [0.5, 0.6) is 0 Å². The third-order valence-corrected chi connectivity index (χ3v) is 7.49. The van der Waals surface area contributed by atoms with Crippen molar-refractivity contribution >= 4 is 32.6 Å². The molecule has 1 aliphatic carbocycles. The molecular weight excluding hydrogens is 484 g/mol. The Labute approximate surface area is 262 Å². The van der Waals surface area contributed by atoms with Crippen LogP contribution in [0.2, 0.25) is 0 Å². The smallest absolute Gasteiger partial charge is 0.114 e. The first-order valence-electron chi connectivity index (χ1n) is 22.4. The van der Waals surface area contributed by atoms with Gasteiger partial charge in [0, 0.05) is 29.4 Å². The maximum atomic E-state index is 9.83. The molecule has 0 N–H and O–H groups in total. The summed E-state index contributed by atoms with van der Waals surface area (Å²) in [6, 6.07) is -4.78. The number of imidazole rings is 1. The molecule has 0 bridgehead atoms. The van der Waals surface area contributed by atoms with Gasteiger partial charge < -0.3 is 0 Å². The van der Waals surface area contributed by atoms with Crippen molar-refractivity contribution in [2.75, 3.05) is 0 Å². The highest BCUT2D eigenvalue weighted by molar-refractivity contribution is 6.18. The monoisotopic (exact) mass is 534 g/mol. The normalized spacial score (nSPS) is 21.4. The van der Waals surface area contributed by atoms with E-state index >= 15 is 0 Å². The van der Waals surface area contributed by atoms with Crippen molar-refractivity contribution in [3.05, 3.63) is 132 Å². The Morgan fingerprint density at radius 2 is 1.43 bits per heavy atom. The zero-order valence-electron chi connectivity index (χ0n) is 41.2. The van der Waals surface area contributed by atoms with Crippen LogP contribution < -0.4 is 0 Å². The van der Waals surface area contributed by atoms with Crippen LogP contribution in [0.1, 0.15) is 65.1 Å². The topological polar surface area (TPSA) is 17.8 Å². The molecule has 0 atom stereocenters. The van der Waals surface area contributed by atoms with Crippen LogP contribution in [0.4, 0.5) is 0 Å². The zero-order chi connectivity index (χ0) is 44.4. The number of nitrogens with zero attached hydrogens (tertiary/aromatic N) is 2. The quantitative estimate of drug-likeness (QED) is 0.206. The second kappa shape index (κ2) is 8.40. The molecule has 0 radical (unpaired) electrons. The van der Waals surface area contributed by atoms with E-state index in [0.29, 0.717) is 0 Å². The molecule has 2 nitrogen and oxygen atoms in total. The second-order valence-electron chi connectivity index (χ2n) is 9.98. The summed E-state index contributed by atoms with van der Waals surface area (Å²) in [5.41, 5.74) is -3.14. The van der Waals surface area contributed by atoms with Crippen LogP contribution in [-0.4, -0.2) is 9.55 Å². The fraction of sp³-hybridized carbons (Fsp3) is 0.132. The minimum absolute atomic E-state index is 0.00331. The number of hydrogen-bond acceptors (Lipinski definition) is 1. The molecule has 8 rings (SSSR count). The van der Waals surface area contributed by atoms with Gasteiger partial charge in [-0.1, -0.05) is 117 Å². The van der Waals surface area contributed by atoms with Gasteiger partial charge in [0.1, 0.15) is 5.82 Å². The van der Waals surface area contributed by atoms with Gasteiger partial charge in [0.2, 0.25) is 0 Å². The number of rotatable bonds is 3. The van der Waals surface area contributed by atoms with Gasteiger partial charge >= 0.3 is 0 Å². The van der Waals surface area contributed by atoms with E-state index in [1.54, 1.807) is 13.8 Å². The highest BCUT2D eigenvalue weighted by Gasteiger charge is 2.35. The van der Waals surface area contributed by atoms with E-state index in [2.05, 4.69) is 4.98 Å². The number of para-hydroxylation sites is 2. The van der Waals surface area contributed by atoms with Crippen LogP contribution in [0.25, 0.3) is 60.5 Å². The summed E-state index contributed by atoms with van der Waals surface area (Å²) < 4.78 is 179. The molecule has 0 aliphatic heterocycles. The van der Waals surface area contributed by atoms with Crippen molar-refractivity contribution in [1.29, 1.82) is 0 Å². The lowest BCUT2D eigenvalue weighted by atomic mass is 9.81. The van der Waals surface area contributed by atoms with Gasteiger partial charge in [-0.15, -0.1) is 0 Å². The Morgan fingerprint density at radius 3 is 2.17 bits per heavy atom. The highest BCUT2D eigenvalue weighted by Crippen LogP contribution is 2.51. The van der Waals surface area contributed by atoms with Crippen LogP contribution in [0.15, 0.2) is 115 Å². The molecule has 1 aliphatic rings. The number of benzene rings is 6. The third kappa shape index (κ3) is 3.08. The molecule has 192 valence electrons. The average Bonchev–Trinajstić information content (AvgIpc) is 3.70. The minimum Gasteiger partial charge on any atom is -0.295 e. The van der Waals surface area contributed by atoms with Gasteiger partial charge in [-0.05, 0) is 62.3 Å². The lowest BCUT2D eigenvalue weighted by molar-refractivity contribution is 0.660. The molecule has 0 saturated heterocycles. The van der Waals surface area contributed by atoms with Crippen molar-refractivity contribution in [2.24, 2.45) is 0 Å². The average molecular weight is 535 g/mol. The third-order valence-electron chi connectivity index (χ3n) is 7.49. The van der Waals surface area contributed by atoms with Gasteiger partial charge in [0.15, 0.2) is 0 Å². The first kappa shape index (κ1) is 10.7. The number of hydrogen-bond donors (Lipinski definition) is 0. The van der Waals surface area contributed by atoms with Crippen molar-refractivity contribution < 1.29 is 27.4 Å². The Bertz CT molecular complexity index is 3060.